The number of carbonyl (C=O) groups is 1. The zero-order valence-electron chi connectivity index (χ0n) is 20.4. The van der Waals surface area contributed by atoms with E-state index in [1.807, 2.05) is 26.0 Å². The topological polar surface area (TPSA) is 88.9 Å². The van der Waals surface area contributed by atoms with E-state index in [4.69, 9.17) is 13.8 Å². The minimum absolute atomic E-state index is 0.0673. The molecule has 2 rings (SSSR count). The van der Waals surface area contributed by atoms with Crippen molar-refractivity contribution in [3.8, 4) is 6.07 Å². The van der Waals surface area contributed by atoms with Crippen LogP contribution in [0.25, 0.3) is 5.70 Å². The van der Waals surface area contributed by atoms with E-state index in [9.17, 15) is 14.6 Å². The Morgan fingerprint density at radius 3 is 2.09 bits per heavy atom. The summed E-state index contributed by atoms with van der Waals surface area (Å²) in [7, 11) is -3.04. The fourth-order valence-corrected chi connectivity index (χ4v) is 5.09. The van der Waals surface area contributed by atoms with Crippen LogP contribution in [0.2, 0.25) is 0 Å². The Morgan fingerprint density at radius 2 is 1.57 bits per heavy atom. The van der Waals surface area contributed by atoms with Crippen molar-refractivity contribution < 1.29 is 27.5 Å². The number of unbranched alkanes of at least 4 members (excludes halogenated alkanes) is 2. The molecular formula is C26H32FN2O5P. The maximum Gasteiger partial charge on any atom is 0.435 e. The van der Waals surface area contributed by atoms with Gasteiger partial charge in [0.1, 0.15) is 11.9 Å². The highest BCUT2D eigenvalue weighted by Gasteiger charge is 2.39. The van der Waals surface area contributed by atoms with Crippen molar-refractivity contribution in [3.63, 3.8) is 0 Å². The third kappa shape index (κ3) is 7.76. The lowest BCUT2D eigenvalue weighted by molar-refractivity contribution is -0.135. The van der Waals surface area contributed by atoms with Gasteiger partial charge >= 0.3 is 13.7 Å². The zero-order valence-corrected chi connectivity index (χ0v) is 21.3. The number of nitriles is 1. The third-order valence-corrected chi connectivity index (χ3v) is 7.05. The van der Waals surface area contributed by atoms with Gasteiger partial charge in [-0.1, -0.05) is 69.2 Å². The summed E-state index contributed by atoms with van der Waals surface area (Å²) in [5.74, 6) is -1.69. The molecule has 0 amide bonds. The van der Waals surface area contributed by atoms with Gasteiger partial charge in [0.15, 0.2) is 5.57 Å². The van der Waals surface area contributed by atoms with Gasteiger partial charge in [0, 0.05) is 5.56 Å². The highest BCUT2D eigenvalue weighted by molar-refractivity contribution is 7.51. The average molecular weight is 503 g/mol. The highest BCUT2D eigenvalue weighted by atomic mass is 31.2. The van der Waals surface area contributed by atoms with Crippen molar-refractivity contribution in [3.05, 3.63) is 77.1 Å². The molecule has 9 heteroatoms. The fraction of sp³-hybridized carbons (Fsp3) is 0.385. The van der Waals surface area contributed by atoms with Gasteiger partial charge in [0.05, 0.1) is 32.6 Å². The van der Waals surface area contributed by atoms with E-state index in [0.29, 0.717) is 18.4 Å². The number of halogens is 1. The lowest BCUT2D eigenvalue weighted by Gasteiger charge is -2.34. The second kappa shape index (κ2) is 14.4. The van der Waals surface area contributed by atoms with E-state index in [1.54, 1.807) is 30.3 Å². The SMILES string of the molecule is CCCCOP(=O)(OCCCC)N(Cc1ccccc1)C(=C(C#N)C(=O)OC)c1ccccc1F. The molecule has 0 aliphatic rings. The molecule has 0 saturated carbocycles. The molecule has 0 unspecified atom stereocenters. The van der Waals surface area contributed by atoms with Crippen LogP contribution in [0.1, 0.15) is 50.7 Å². The van der Waals surface area contributed by atoms with Gasteiger partial charge in [0.25, 0.3) is 0 Å². The minimum atomic E-state index is -4.16. The number of hydrogen-bond acceptors (Lipinski definition) is 6. The van der Waals surface area contributed by atoms with E-state index in [0.717, 1.165) is 20.0 Å². The molecule has 0 aliphatic carbocycles. The molecule has 0 radical (unpaired) electrons. The largest absolute Gasteiger partial charge is 0.465 e. The number of rotatable bonds is 14. The lowest BCUT2D eigenvalue weighted by atomic mass is 10.1. The summed E-state index contributed by atoms with van der Waals surface area (Å²) in [5.41, 5.74) is -0.115. The third-order valence-electron chi connectivity index (χ3n) is 5.10. The number of hydrogen-bond donors (Lipinski definition) is 0. The first-order valence-corrected chi connectivity index (χ1v) is 13.1. The smallest absolute Gasteiger partial charge is 0.435 e. The van der Waals surface area contributed by atoms with Crippen molar-refractivity contribution >= 4 is 19.4 Å². The van der Waals surface area contributed by atoms with Crippen LogP contribution in [0, 0.1) is 17.1 Å². The summed E-state index contributed by atoms with van der Waals surface area (Å²) in [4.78, 5) is 12.7. The van der Waals surface area contributed by atoms with Crippen molar-refractivity contribution in [2.24, 2.45) is 0 Å². The normalized spacial score (nSPS) is 12.0. The first kappa shape index (κ1) is 28.3. The van der Waals surface area contributed by atoms with Crippen molar-refractivity contribution in [1.82, 2.24) is 4.67 Å². The predicted octanol–water partition coefficient (Wildman–Crippen LogP) is 6.48. The van der Waals surface area contributed by atoms with Crippen molar-refractivity contribution in [2.45, 2.75) is 46.1 Å². The molecule has 0 bridgehead atoms. The van der Waals surface area contributed by atoms with Crippen LogP contribution in [-0.2, 0) is 29.7 Å². The van der Waals surface area contributed by atoms with Gasteiger partial charge in [-0.2, -0.15) is 5.26 Å². The monoisotopic (exact) mass is 502 g/mol. The number of methoxy groups -OCH3 is 1. The summed E-state index contributed by atoms with van der Waals surface area (Å²) in [6.07, 6.45) is 2.80. The van der Waals surface area contributed by atoms with Crippen LogP contribution >= 0.6 is 7.75 Å². The first-order chi connectivity index (χ1) is 16.9. The van der Waals surface area contributed by atoms with Crippen LogP contribution < -0.4 is 0 Å². The minimum Gasteiger partial charge on any atom is -0.465 e. The lowest BCUT2D eigenvalue weighted by Crippen LogP contribution is -2.26. The van der Waals surface area contributed by atoms with Gasteiger partial charge in [-0.15, -0.1) is 0 Å². The predicted molar refractivity (Wildman–Crippen MR) is 132 cm³/mol. The molecule has 0 saturated heterocycles. The molecule has 0 aliphatic heterocycles. The van der Waals surface area contributed by atoms with E-state index in [2.05, 4.69) is 0 Å². The van der Waals surface area contributed by atoms with E-state index >= 15 is 4.39 Å². The zero-order chi connectivity index (χ0) is 25.7. The van der Waals surface area contributed by atoms with Crippen LogP contribution in [0.5, 0.6) is 0 Å². The number of carbonyl (C=O) groups excluding carboxylic acids is 1. The summed E-state index contributed by atoms with van der Waals surface area (Å²) in [5, 5.41) is 9.93. The summed E-state index contributed by atoms with van der Waals surface area (Å²) in [6, 6.07) is 16.5. The molecule has 188 valence electrons. The number of ether oxygens (including phenoxy) is 1. The second-order valence-electron chi connectivity index (χ2n) is 7.69. The van der Waals surface area contributed by atoms with Crippen molar-refractivity contribution in [2.75, 3.05) is 20.3 Å². The van der Waals surface area contributed by atoms with Crippen LogP contribution in [0.15, 0.2) is 60.2 Å². The summed E-state index contributed by atoms with van der Waals surface area (Å²) >= 11 is 0. The first-order valence-electron chi connectivity index (χ1n) is 11.6. The molecule has 0 aromatic heterocycles. The maximum atomic E-state index is 15.1. The Balaban J connectivity index is 2.82. The van der Waals surface area contributed by atoms with Gasteiger partial charge < -0.3 is 4.74 Å². The van der Waals surface area contributed by atoms with E-state index in [-0.39, 0.29) is 31.0 Å². The number of benzene rings is 2. The summed E-state index contributed by atoms with van der Waals surface area (Å²) in [6.45, 7) is 4.10. The Morgan fingerprint density at radius 1 is 1.00 bits per heavy atom. The number of esters is 1. The van der Waals surface area contributed by atoms with Gasteiger partial charge in [-0.05, 0) is 30.5 Å². The van der Waals surface area contributed by atoms with Gasteiger partial charge in [0.2, 0.25) is 0 Å². The highest BCUT2D eigenvalue weighted by Crippen LogP contribution is 2.57. The molecular weight excluding hydrogens is 470 g/mol. The van der Waals surface area contributed by atoms with Crippen LogP contribution in [0.4, 0.5) is 4.39 Å². The Bertz CT molecular complexity index is 1070. The molecule has 0 fully saturated rings. The van der Waals surface area contributed by atoms with E-state index < -0.39 is 25.1 Å². The number of nitrogens with zero attached hydrogens (tertiary/aromatic N) is 2. The molecule has 7 nitrogen and oxygen atoms in total. The van der Waals surface area contributed by atoms with Gasteiger partial charge in [-0.25, -0.2) is 13.8 Å². The molecule has 35 heavy (non-hydrogen) atoms. The average Bonchev–Trinajstić information content (AvgIpc) is 2.87. The molecule has 2 aromatic carbocycles. The Kier molecular flexibility index (Phi) is 11.6. The molecule has 0 N–H and O–H groups in total. The molecule has 0 spiro atoms. The fourth-order valence-electron chi connectivity index (χ4n) is 3.22. The standard InChI is InChI=1S/C26H32FN2O5P/c1-4-6-17-33-35(31,34-18-7-5-2)29(20-21-13-9-8-10-14-21)25(23(19-28)26(30)32-3)22-15-11-12-16-24(22)27/h8-16H,4-7,17-18,20H2,1-3H3. The maximum absolute atomic E-state index is 15.1. The van der Waals surface area contributed by atoms with Gasteiger partial charge in [-0.3, -0.25) is 13.7 Å². The van der Waals surface area contributed by atoms with Crippen molar-refractivity contribution in [1.29, 1.82) is 5.26 Å². The van der Waals surface area contributed by atoms with Crippen LogP contribution in [0.3, 0.4) is 0 Å². The molecule has 2 aromatic rings. The Hall–Kier alpha value is -2.98. The second-order valence-corrected chi connectivity index (χ2v) is 9.63. The molecule has 0 atom stereocenters. The quantitative estimate of drug-likeness (QED) is 0.0961. The van der Waals surface area contributed by atoms with Crippen LogP contribution in [-0.4, -0.2) is 31.0 Å². The summed E-state index contributed by atoms with van der Waals surface area (Å²) < 4.78 is 47.2. The van der Waals surface area contributed by atoms with E-state index in [1.165, 1.54) is 22.9 Å². The molecule has 0 heterocycles. The Labute approximate surface area is 206 Å².